The van der Waals surface area contributed by atoms with Crippen LogP contribution in [0.3, 0.4) is 0 Å². The molecule has 1 fully saturated rings. The highest BCUT2D eigenvalue weighted by molar-refractivity contribution is 5.52. The van der Waals surface area contributed by atoms with Crippen LogP contribution in [-0.2, 0) is 17.7 Å². The third-order valence-electron chi connectivity index (χ3n) is 4.09. The van der Waals surface area contributed by atoms with E-state index in [1.807, 2.05) is 0 Å². The van der Waals surface area contributed by atoms with Crippen molar-refractivity contribution in [2.24, 2.45) is 5.92 Å². The number of aromatic nitrogens is 1. The zero-order valence-corrected chi connectivity index (χ0v) is 10.8. The van der Waals surface area contributed by atoms with Gasteiger partial charge in [-0.15, -0.1) is 6.58 Å². The monoisotopic (exact) mass is 249 g/mol. The molecule has 1 aromatic heterocycles. The molecular weight excluding hydrogens is 230 g/mol. The molecule has 1 aliphatic heterocycles. The summed E-state index contributed by atoms with van der Waals surface area (Å²) in [5.41, 5.74) is 1.73. The molecule has 0 bridgehead atoms. The van der Waals surface area contributed by atoms with E-state index in [4.69, 9.17) is 4.74 Å². The summed E-state index contributed by atoms with van der Waals surface area (Å²) in [6, 6.07) is 0. The Kier molecular flexibility index (Phi) is 2.45. The first-order valence-corrected chi connectivity index (χ1v) is 6.45. The molecule has 4 heteroatoms. The molecule has 18 heavy (non-hydrogen) atoms. The second-order valence-corrected chi connectivity index (χ2v) is 5.55. The number of hydrogen-bond acceptors (Lipinski definition) is 3. The molecule has 0 aromatic carbocycles. The molecule has 0 radical (unpaired) electrons. The van der Waals surface area contributed by atoms with Gasteiger partial charge >= 0.3 is 0 Å². The molecule has 1 aliphatic carbocycles. The topological polar surface area (TPSA) is 57.9 Å². The number of hydrogen-bond donors (Lipinski definition) is 2. The van der Waals surface area contributed by atoms with Crippen LogP contribution >= 0.6 is 0 Å². The quantitative estimate of drug-likeness (QED) is 0.637. The molecule has 2 N–H and O–H groups in total. The lowest BCUT2D eigenvalue weighted by Crippen LogP contribution is -2.21. The molecular formula is C14H19NO3. The Morgan fingerprint density at radius 1 is 1.44 bits per heavy atom. The number of ether oxygens (including phenoxy) is 1. The highest BCUT2D eigenvalue weighted by atomic mass is 16.6. The van der Waals surface area contributed by atoms with E-state index >= 15 is 0 Å². The Hall–Kier alpha value is -1.42. The number of epoxide rings is 1. The predicted octanol–water partition coefficient (Wildman–Crippen LogP) is 2.15. The third kappa shape index (κ3) is 1.42. The Bertz CT molecular complexity index is 504. The van der Waals surface area contributed by atoms with E-state index in [0.717, 1.165) is 11.1 Å². The Labute approximate surface area is 107 Å². The van der Waals surface area contributed by atoms with Crippen molar-refractivity contribution in [3.05, 3.63) is 23.8 Å². The van der Waals surface area contributed by atoms with E-state index < -0.39 is 0 Å². The lowest BCUT2D eigenvalue weighted by molar-refractivity contribution is 0.316. The maximum absolute atomic E-state index is 10.3. The number of nitrogens with zero attached hydrogens (tertiary/aromatic N) is 1. The van der Waals surface area contributed by atoms with E-state index in [2.05, 4.69) is 20.4 Å². The van der Waals surface area contributed by atoms with Crippen LogP contribution in [0.15, 0.2) is 12.7 Å². The van der Waals surface area contributed by atoms with E-state index in [1.165, 1.54) is 4.57 Å². The lowest BCUT2D eigenvalue weighted by Gasteiger charge is -2.23. The van der Waals surface area contributed by atoms with Crippen molar-refractivity contribution in [1.82, 2.24) is 4.57 Å². The Morgan fingerprint density at radius 3 is 2.78 bits per heavy atom. The molecule has 1 aromatic rings. The standard InChI is InChI=1S/C14H19NO3/c1-4-5-15-13(16)8-6-9-12(18-9)10(7(2)3)11(8)14(15)17/h4,7,9-10,12,16-17H,1,5-6H2,2-3H3. The van der Waals surface area contributed by atoms with Crippen LogP contribution < -0.4 is 0 Å². The van der Waals surface area contributed by atoms with E-state index in [9.17, 15) is 10.2 Å². The van der Waals surface area contributed by atoms with Crippen molar-refractivity contribution in [2.75, 3.05) is 0 Å². The van der Waals surface area contributed by atoms with Crippen LogP contribution in [0.2, 0.25) is 0 Å². The zero-order chi connectivity index (χ0) is 13.0. The third-order valence-corrected chi connectivity index (χ3v) is 4.09. The number of rotatable bonds is 3. The second-order valence-electron chi connectivity index (χ2n) is 5.55. The van der Waals surface area contributed by atoms with Gasteiger partial charge < -0.3 is 14.9 Å². The van der Waals surface area contributed by atoms with Gasteiger partial charge in [-0.1, -0.05) is 19.9 Å². The van der Waals surface area contributed by atoms with Gasteiger partial charge in [0.25, 0.3) is 0 Å². The zero-order valence-electron chi connectivity index (χ0n) is 10.8. The first-order chi connectivity index (χ1) is 8.56. The molecule has 1 saturated heterocycles. The van der Waals surface area contributed by atoms with Gasteiger partial charge in [0.2, 0.25) is 0 Å². The van der Waals surface area contributed by atoms with Gasteiger partial charge in [0.15, 0.2) is 11.8 Å². The fraction of sp³-hybridized carbons (Fsp3) is 0.571. The van der Waals surface area contributed by atoms with Crippen molar-refractivity contribution < 1.29 is 14.9 Å². The van der Waals surface area contributed by atoms with Gasteiger partial charge in [0.1, 0.15) is 0 Å². The highest BCUT2D eigenvalue weighted by Crippen LogP contribution is 2.53. The second kappa shape index (κ2) is 3.79. The first kappa shape index (κ1) is 11.7. The molecule has 0 spiro atoms. The SMILES string of the molecule is C=CCn1c(O)c2c(c1O)C(C(C)C)C1OC1C2. The highest BCUT2D eigenvalue weighted by Gasteiger charge is 2.53. The number of fused-ring (bicyclic) bond motifs is 2. The lowest BCUT2D eigenvalue weighted by atomic mass is 9.78. The van der Waals surface area contributed by atoms with Crippen LogP contribution in [0.4, 0.5) is 0 Å². The van der Waals surface area contributed by atoms with Gasteiger partial charge in [-0.2, -0.15) is 0 Å². The molecule has 4 nitrogen and oxygen atoms in total. The van der Waals surface area contributed by atoms with Crippen molar-refractivity contribution in [3.8, 4) is 11.8 Å². The van der Waals surface area contributed by atoms with Gasteiger partial charge in [0.05, 0.1) is 12.2 Å². The van der Waals surface area contributed by atoms with Crippen LogP contribution in [0.25, 0.3) is 0 Å². The number of aromatic hydroxyl groups is 2. The summed E-state index contributed by atoms with van der Waals surface area (Å²) in [6.45, 7) is 8.33. The Morgan fingerprint density at radius 2 is 2.17 bits per heavy atom. The minimum Gasteiger partial charge on any atom is -0.494 e. The van der Waals surface area contributed by atoms with Gasteiger partial charge in [-0.05, 0) is 5.92 Å². The average Bonchev–Trinajstić information content (AvgIpc) is 3.05. The minimum absolute atomic E-state index is 0.169. The van der Waals surface area contributed by atoms with Gasteiger partial charge in [-0.3, -0.25) is 4.57 Å². The smallest absolute Gasteiger partial charge is 0.198 e. The van der Waals surface area contributed by atoms with E-state index in [-0.39, 0.29) is 29.9 Å². The van der Waals surface area contributed by atoms with Gasteiger partial charge in [-0.25, -0.2) is 0 Å². The van der Waals surface area contributed by atoms with Crippen molar-refractivity contribution in [2.45, 2.75) is 44.9 Å². The fourth-order valence-electron chi connectivity index (χ4n) is 3.23. The summed E-state index contributed by atoms with van der Waals surface area (Å²) >= 11 is 0. The van der Waals surface area contributed by atoms with Crippen molar-refractivity contribution in [1.29, 1.82) is 0 Å². The average molecular weight is 249 g/mol. The summed E-state index contributed by atoms with van der Waals surface area (Å²) in [5, 5.41) is 20.6. The fourth-order valence-corrected chi connectivity index (χ4v) is 3.23. The first-order valence-electron chi connectivity index (χ1n) is 6.45. The molecule has 2 aliphatic rings. The van der Waals surface area contributed by atoms with Crippen molar-refractivity contribution >= 4 is 0 Å². The van der Waals surface area contributed by atoms with Crippen LogP contribution in [0.1, 0.15) is 30.9 Å². The molecule has 2 heterocycles. The minimum atomic E-state index is 0.169. The van der Waals surface area contributed by atoms with Crippen molar-refractivity contribution in [3.63, 3.8) is 0 Å². The maximum atomic E-state index is 10.3. The largest absolute Gasteiger partial charge is 0.494 e. The summed E-state index contributed by atoms with van der Waals surface area (Å²) in [4.78, 5) is 0. The molecule has 98 valence electrons. The summed E-state index contributed by atoms with van der Waals surface area (Å²) in [7, 11) is 0. The summed E-state index contributed by atoms with van der Waals surface area (Å²) in [5.74, 6) is 0.900. The molecule has 3 unspecified atom stereocenters. The summed E-state index contributed by atoms with van der Waals surface area (Å²) < 4.78 is 7.18. The predicted molar refractivity (Wildman–Crippen MR) is 67.9 cm³/mol. The Balaban J connectivity index is 2.13. The molecule has 3 atom stereocenters. The van der Waals surface area contributed by atoms with Crippen LogP contribution in [0.5, 0.6) is 11.8 Å². The van der Waals surface area contributed by atoms with Gasteiger partial charge in [0, 0.05) is 30.0 Å². The summed E-state index contributed by atoms with van der Waals surface area (Å²) in [6.07, 6.45) is 2.80. The van der Waals surface area contributed by atoms with E-state index in [1.54, 1.807) is 6.08 Å². The normalized spacial score (nSPS) is 28.9. The van der Waals surface area contributed by atoms with E-state index in [0.29, 0.717) is 18.9 Å². The molecule has 0 amide bonds. The number of allylic oxidation sites excluding steroid dienone is 1. The maximum Gasteiger partial charge on any atom is 0.198 e. The van der Waals surface area contributed by atoms with Crippen LogP contribution in [0, 0.1) is 5.92 Å². The molecule has 0 saturated carbocycles. The van der Waals surface area contributed by atoms with Crippen LogP contribution in [-0.4, -0.2) is 27.0 Å². The molecule has 3 rings (SSSR count).